The lowest BCUT2D eigenvalue weighted by Gasteiger charge is -2.33. The highest BCUT2D eigenvalue weighted by Crippen LogP contribution is 2.34. The summed E-state index contributed by atoms with van der Waals surface area (Å²) in [6.07, 6.45) is 0.804. The fraction of sp³-hybridized carbons (Fsp3) is 0.533. The van der Waals surface area contributed by atoms with Crippen LogP contribution >= 0.6 is 0 Å². The highest BCUT2D eigenvalue weighted by atomic mass is 16.5. The number of carbonyl (C=O) groups is 1. The lowest BCUT2D eigenvalue weighted by molar-refractivity contribution is 0.192. The molecule has 0 spiro atoms. The Morgan fingerprint density at radius 3 is 3.10 bits per heavy atom. The van der Waals surface area contributed by atoms with Crippen LogP contribution in [0.4, 0.5) is 10.5 Å². The first-order valence-electron chi connectivity index (χ1n) is 6.93. The predicted molar refractivity (Wildman–Crippen MR) is 78.5 cm³/mol. The Hall–Kier alpha value is -1.75. The molecule has 0 unspecified atom stereocenters. The number of urea groups is 1. The second-order valence-electron chi connectivity index (χ2n) is 5.09. The zero-order valence-electron chi connectivity index (χ0n) is 12.3. The minimum atomic E-state index is -0.0805. The van der Waals surface area contributed by atoms with Crippen molar-refractivity contribution in [2.24, 2.45) is 0 Å². The monoisotopic (exact) mass is 278 g/mol. The summed E-state index contributed by atoms with van der Waals surface area (Å²) in [5.41, 5.74) is 1.95. The first-order chi connectivity index (χ1) is 9.61. The summed E-state index contributed by atoms with van der Waals surface area (Å²) < 4.78 is 10.7. The van der Waals surface area contributed by atoms with Crippen LogP contribution in [0.15, 0.2) is 18.2 Å². The largest absolute Gasteiger partial charge is 0.487 e. The molecular formula is C15H22N2O3. The Balaban J connectivity index is 2.08. The molecule has 2 rings (SSSR count). The highest BCUT2D eigenvalue weighted by molar-refractivity contribution is 5.94. The first kappa shape index (κ1) is 14.7. The van der Waals surface area contributed by atoms with Crippen molar-refractivity contribution in [3.63, 3.8) is 0 Å². The maximum atomic E-state index is 12.3. The Morgan fingerprint density at radius 1 is 1.55 bits per heavy atom. The molecule has 1 aromatic rings. The zero-order chi connectivity index (χ0) is 14.5. The van der Waals surface area contributed by atoms with E-state index in [0.29, 0.717) is 19.7 Å². The number of nitrogens with zero attached hydrogens (tertiary/aromatic N) is 1. The number of carbonyl (C=O) groups excluding carboxylic acids is 1. The standard InChI is InChI=1S/C15H22N2O3/c1-11-5-6-14-13(9-11)17(10-12(2)20-14)15(18)16-7-4-8-19-3/h5-6,9,12H,4,7-8,10H2,1-3H3,(H,16,18)/t12-/m1/s1. The summed E-state index contributed by atoms with van der Waals surface area (Å²) in [6, 6.07) is 5.82. The van der Waals surface area contributed by atoms with Gasteiger partial charge in [-0.2, -0.15) is 0 Å². The third kappa shape index (κ3) is 3.42. The van der Waals surface area contributed by atoms with E-state index in [1.165, 1.54) is 0 Å². The minimum Gasteiger partial charge on any atom is -0.487 e. The average Bonchev–Trinajstić information content (AvgIpc) is 2.43. The van der Waals surface area contributed by atoms with Gasteiger partial charge in [0.1, 0.15) is 11.9 Å². The third-order valence-corrected chi connectivity index (χ3v) is 3.22. The second-order valence-corrected chi connectivity index (χ2v) is 5.09. The molecule has 1 aliphatic rings. The van der Waals surface area contributed by atoms with E-state index in [1.807, 2.05) is 32.0 Å². The molecule has 0 aromatic heterocycles. The number of anilines is 1. The van der Waals surface area contributed by atoms with Crippen molar-refractivity contribution in [3.8, 4) is 5.75 Å². The van der Waals surface area contributed by atoms with E-state index in [4.69, 9.17) is 9.47 Å². The summed E-state index contributed by atoms with van der Waals surface area (Å²) in [5, 5.41) is 2.92. The summed E-state index contributed by atoms with van der Waals surface area (Å²) in [5.74, 6) is 0.765. The molecule has 0 radical (unpaired) electrons. The predicted octanol–water partition coefficient (Wildman–Crippen LogP) is 2.33. The number of hydrogen-bond acceptors (Lipinski definition) is 3. The molecule has 1 N–H and O–H groups in total. The Labute approximate surface area is 119 Å². The third-order valence-electron chi connectivity index (χ3n) is 3.22. The van der Waals surface area contributed by atoms with E-state index >= 15 is 0 Å². The van der Waals surface area contributed by atoms with E-state index in [2.05, 4.69) is 5.32 Å². The van der Waals surface area contributed by atoms with Crippen molar-refractivity contribution in [3.05, 3.63) is 23.8 Å². The molecule has 0 aliphatic carbocycles. The number of rotatable bonds is 4. The van der Waals surface area contributed by atoms with Gasteiger partial charge in [-0.25, -0.2) is 4.79 Å². The van der Waals surface area contributed by atoms with Crippen LogP contribution in [-0.4, -0.2) is 38.9 Å². The molecule has 5 nitrogen and oxygen atoms in total. The lowest BCUT2D eigenvalue weighted by atomic mass is 10.1. The molecule has 1 aromatic carbocycles. The number of aryl methyl sites for hydroxylation is 1. The molecular weight excluding hydrogens is 256 g/mol. The summed E-state index contributed by atoms with van der Waals surface area (Å²) in [4.78, 5) is 14.1. The van der Waals surface area contributed by atoms with Gasteiger partial charge in [0.2, 0.25) is 0 Å². The van der Waals surface area contributed by atoms with E-state index in [1.54, 1.807) is 12.0 Å². The highest BCUT2D eigenvalue weighted by Gasteiger charge is 2.27. The summed E-state index contributed by atoms with van der Waals surface area (Å²) in [7, 11) is 1.66. The first-order valence-corrected chi connectivity index (χ1v) is 6.93. The fourth-order valence-corrected chi connectivity index (χ4v) is 2.25. The molecule has 1 heterocycles. The van der Waals surface area contributed by atoms with Crippen LogP contribution in [0.25, 0.3) is 0 Å². The molecule has 5 heteroatoms. The summed E-state index contributed by atoms with van der Waals surface area (Å²) in [6.45, 7) is 5.79. The van der Waals surface area contributed by atoms with Crippen LogP contribution in [0.1, 0.15) is 18.9 Å². The van der Waals surface area contributed by atoms with Gasteiger partial charge in [-0.05, 0) is 38.0 Å². The van der Waals surface area contributed by atoms with Gasteiger partial charge < -0.3 is 14.8 Å². The maximum Gasteiger partial charge on any atom is 0.322 e. The molecule has 0 saturated carbocycles. The zero-order valence-corrected chi connectivity index (χ0v) is 12.3. The SMILES string of the molecule is COCCCNC(=O)N1C[C@@H](C)Oc2ccc(C)cc21. The number of benzene rings is 1. The Bertz CT molecular complexity index is 476. The summed E-state index contributed by atoms with van der Waals surface area (Å²) >= 11 is 0. The van der Waals surface area contributed by atoms with Gasteiger partial charge >= 0.3 is 6.03 Å². The van der Waals surface area contributed by atoms with E-state index in [-0.39, 0.29) is 12.1 Å². The van der Waals surface area contributed by atoms with Gasteiger partial charge in [-0.3, -0.25) is 4.90 Å². The number of amides is 2. The van der Waals surface area contributed by atoms with Crippen LogP contribution in [0.3, 0.4) is 0 Å². The smallest absolute Gasteiger partial charge is 0.322 e. The van der Waals surface area contributed by atoms with Gasteiger partial charge in [0.25, 0.3) is 0 Å². The van der Waals surface area contributed by atoms with Crippen molar-refractivity contribution < 1.29 is 14.3 Å². The lowest BCUT2D eigenvalue weighted by Crippen LogP contribution is -2.47. The van der Waals surface area contributed by atoms with Crippen molar-refractivity contribution in [2.45, 2.75) is 26.4 Å². The number of methoxy groups -OCH3 is 1. The van der Waals surface area contributed by atoms with E-state index < -0.39 is 0 Å². The molecule has 110 valence electrons. The number of ether oxygens (including phenoxy) is 2. The van der Waals surface area contributed by atoms with Gasteiger partial charge in [0, 0.05) is 20.3 Å². The van der Waals surface area contributed by atoms with Crippen LogP contribution in [-0.2, 0) is 4.74 Å². The van der Waals surface area contributed by atoms with Gasteiger partial charge in [0.15, 0.2) is 0 Å². The second kappa shape index (κ2) is 6.61. The van der Waals surface area contributed by atoms with Crippen LogP contribution < -0.4 is 15.0 Å². The van der Waals surface area contributed by atoms with Crippen LogP contribution in [0, 0.1) is 6.92 Å². The van der Waals surface area contributed by atoms with Crippen LogP contribution in [0.2, 0.25) is 0 Å². The molecule has 1 aliphatic heterocycles. The topological polar surface area (TPSA) is 50.8 Å². The maximum absolute atomic E-state index is 12.3. The Morgan fingerprint density at radius 2 is 2.35 bits per heavy atom. The van der Waals surface area contributed by atoms with Crippen LogP contribution in [0.5, 0.6) is 5.75 Å². The quantitative estimate of drug-likeness (QED) is 0.860. The molecule has 0 fully saturated rings. The minimum absolute atomic E-state index is 0.00469. The Kier molecular flexibility index (Phi) is 4.84. The molecule has 1 atom stereocenters. The average molecular weight is 278 g/mol. The molecule has 2 amide bonds. The van der Waals surface area contributed by atoms with Crippen molar-refractivity contribution in [1.82, 2.24) is 5.32 Å². The normalized spacial score (nSPS) is 17.4. The molecule has 0 saturated heterocycles. The van der Waals surface area contributed by atoms with Gasteiger partial charge in [0.05, 0.1) is 12.2 Å². The van der Waals surface area contributed by atoms with E-state index in [9.17, 15) is 4.79 Å². The molecule has 20 heavy (non-hydrogen) atoms. The number of fused-ring (bicyclic) bond motifs is 1. The molecule has 0 bridgehead atoms. The van der Waals surface area contributed by atoms with Crippen molar-refractivity contribution >= 4 is 11.7 Å². The van der Waals surface area contributed by atoms with E-state index in [0.717, 1.165) is 23.4 Å². The number of hydrogen-bond donors (Lipinski definition) is 1. The van der Waals surface area contributed by atoms with Crippen molar-refractivity contribution in [1.29, 1.82) is 0 Å². The van der Waals surface area contributed by atoms with Crippen molar-refractivity contribution in [2.75, 3.05) is 31.7 Å². The number of nitrogens with one attached hydrogen (secondary N) is 1. The fourth-order valence-electron chi connectivity index (χ4n) is 2.25. The van der Waals surface area contributed by atoms with Gasteiger partial charge in [-0.1, -0.05) is 6.07 Å². The van der Waals surface area contributed by atoms with Gasteiger partial charge in [-0.15, -0.1) is 0 Å².